The number of carbonyl (C=O) groups is 2. The lowest BCUT2D eigenvalue weighted by Gasteiger charge is -2.27. The lowest BCUT2D eigenvalue weighted by Crippen LogP contribution is -2.40. The van der Waals surface area contributed by atoms with Crippen molar-refractivity contribution >= 4 is 22.8 Å². The minimum atomic E-state index is -0.803. The Morgan fingerprint density at radius 1 is 1.16 bits per heavy atom. The van der Waals surface area contributed by atoms with Crippen LogP contribution in [0.3, 0.4) is 0 Å². The fraction of sp³-hybridized carbons (Fsp3) is 0.407. The quantitative estimate of drug-likeness (QED) is 0.406. The van der Waals surface area contributed by atoms with Crippen molar-refractivity contribution in [1.82, 2.24) is 19.8 Å². The molecule has 196 valence electrons. The number of carbonyl (C=O) groups excluding carboxylic acids is 2. The number of amides is 2. The van der Waals surface area contributed by atoms with Gasteiger partial charge in [-0.25, -0.2) is 4.39 Å². The number of aromatic hydroxyl groups is 1. The molecule has 1 atom stereocenters. The Morgan fingerprint density at radius 3 is 2.62 bits per heavy atom. The van der Waals surface area contributed by atoms with E-state index in [1.807, 2.05) is 0 Å². The van der Waals surface area contributed by atoms with Crippen molar-refractivity contribution in [3.05, 3.63) is 69.4 Å². The zero-order chi connectivity index (χ0) is 26.5. The highest BCUT2D eigenvalue weighted by atomic mass is 19.1. The van der Waals surface area contributed by atoms with Gasteiger partial charge in [-0.1, -0.05) is 12.1 Å². The molecule has 1 saturated heterocycles. The maximum atomic E-state index is 13.5. The molecule has 10 heteroatoms. The van der Waals surface area contributed by atoms with Gasteiger partial charge in [0.05, 0.1) is 12.1 Å². The molecule has 4 rings (SSSR count). The van der Waals surface area contributed by atoms with Gasteiger partial charge in [0.15, 0.2) is 5.75 Å². The third kappa shape index (κ3) is 5.96. The van der Waals surface area contributed by atoms with Gasteiger partial charge in [0.1, 0.15) is 16.9 Å². The first-order chi connectivity index (χ1) is 17.8. The second-order valence-electron chi connectivity index (χ2n) is 9.44. The monoisotopic (exact) mass is 510 g/mol. The number of hydrogen-bond donors (Lipinski definition) is 3. The molecule has 0 spiro atoms. The number of rotatable bonds is 9. The fourth-order valence-corrected chi connectivity index (χ4v) is 4.57. The summed E-state index contributed by atoms with van der Waals surface area (Å²) in [7, 11) is 0. The Labute approximate surface area is 213 Å². The molecular weight excluding hydrogens is 479 g/mol. The number of aliphatic hydroxyl groups is 1. The van der Waals surface area contributed by atoms with Crippen molar-refractivity contribution in [2.45, 2.75) is 51.6 Å². The van der Waals surface area contributed by atoms with Gasteiger partial charge >= 0.3 is 0 Å². The molecular formula is C27H31FN4O5. The van der Waals surface area contributed by atoms with Crippen LogP contribution in [0.15, 0.2) is 41.3 Å². The largest absolute Gasteiger partial charge is 0.505 e. The summed E-state index contributed by atoms with van der Waals surface area (Å²) in [5.74, 6) is -1.58. The van der Waals surface area contributed by atoms with E-state index in [4.69, 9.17) is 0 Å². The summed E-state index contributed by atoms with van der Waals surface area (Å²) in [5, 5.41) is 22.7. The van der Waals surface area contributed by atoms with Crippen LogP contribution in [0.1, 0.15) is 54.1 Å². The van der Waals surface area contributed by atoms with Crippen LogP contribution in [0.5, 0.6) is 5.75 Å². The van der Waals surface area contributed by atoms with Crippen LogP contribution in [-0.4, -0.2) is 62.2 Å². The van der Waals surface area contributed by atoms with Gasteiger partial charge in [-0.2, -0.15) is 0 Å². The summed E-state index contributed by atoms with van der Waals surface area (Å²) >= 11 is 0. The normalized spacial score (nSPS) is 14.7. The summed E-state index contributed by atoms with van der Waals surface area (Å²) in [6, 6.07) is 7.17. The molecule has 0 aliphatic carbocycles. The third-order valence-corrected chi connectivity index (χ3v) is 6.57. The predicted molar refractivity (Wildman–Crippen MR) is 136 cm³/mol. The zero-order valence-corrected chi connectivity index (χ0v) is 20.7. The van der Waals surface area contributed by atoms with Crippen LogP contribution >= 0.6 is 0 Å². The van der Waals surface area contributed by atoms with Crippen LogP contribution < -0.4 is 10.9 Å². The van der Waals surface area contributed by atoms with Crippen molar-refractivity contribution in [2.75, 3.05) is 19.7 Å². The first-order valence-electron chi connectivity index (χ1n) is 12.5. The summed E-state index contributed by atoms with van der Waals surface area (Å²) < 4.78 is 14.7. The standard InChI is InChI=1S/C27H31FN4O5/c1-17(16-33)30-26(36)23-25(35)24-21(14-19(15-29-24)13-18-6-8-20(28)9-7-18)32(27(23)37)12-4-11-31-10-3-2-5-22(31)34/h6-9,14-15,17,33,35H,2-5,10-13,16H2,1H3,(H,30,36)/t17-/m1/s1. The predicted octanol–water partition coefficient (Wildman–Crippen LogP) is 2.35. The van der Waals surface area contributed by atoms with Crippen LogP contribution in [-0.2, 0) is 17.8 Å². The van der Waals surface area contributed by atoms with Crippen molar-refractivity contribution in [3.8, 4) is 5.75 Å². The average molecular weight is 511 g/mol. The number of piperidine rings is 1. The second-order valence-corrected chi connectivity index (χ2v) is 9.44. The van der Waals surface area contributed by atoms with Crippen LogP contribution in [0, 0.1) is 5.82 Å². The Balaban J connectivity index is 1.72. The van der Waals surface area contributed by atoms with E-state index in [0.29, 0.717) is 37.9 Å². The topological polar surface area (TPSA) is 125 Å². The number of nitrogens with one attached hydrogen (secondary N) is 1. The summed E-state index contributed by atoms with van der Waals surface area (Å²) in [4.78, 5) is 44.7. The Hall–Kier alpha value is -3.79. The van der Waals surface area contributed by atoms with E-state index in [1.165, 1.54) is 16.7 Å². The number of halogens is 1. The number of aromatic nitrogens is 2. The van der Waals surface area contributed by atoms with Gasteiger partial charge in [-0.3, -0.25) is 19.4 Å². The Bertz CT molecular complexity index is 1360. The van der Waals surface area contributed by atoms with Crippen molar-refractivity contribution in [1.29, 1.82) is 0 Å². The van der Waals surface area contributed by atoms with E-state index < -0.39 is 28.8 Å². The fourth-order valence-electron chi connectivity index (χ4n) is 4.57. The van der Waals surface area contributed by atoms with Gasteiger partial charge in [0.2, 0.25) is 5.91 Å². The van der Waals surface area contributed by atoms with Gasteiger partial charge in [-0.15, -0.1) is 0 Å². The molecule has 1 aliphatic rings. The first kappa shape index (κ1) is 26.3. The molecule has 2 aromatic heterocycles. The summed E-state index contributed by atoms with van der Waals surface area (Å²) in [6.45, 7) is 2.60. The molecule has 1 aliphatic heterocycles. The van der Waals surface area contributed by atoms with Crippen LogP contribution in [0.25, 0.3) is 11.0 Å². The number of pyridine rings is 2. The highest BCUT2D eigenvalue weighted by molar-refractivity contribution is 6.01. The molecule has 0 saturated carbocycles. The smallest absolute Gasteiger partial charge is 0.267 e. The highest BCUT2D eigenvalue weighted by Crippen LogP contribution is 2.26. The van der Waals surface area contributed by atoms with Gasteiger partial charge in [0.25, 0.3) is 11.5 Å². The van der Waals surface area contributed by atoms with Crippen molar-refractivity contribution in [3.63, 3.8) is 0 Å². The summed E-state index contributed by atoms with van der Waals surface area (Å²) in [6.07, 6.45) is 4.79. The SMILES string of the molecule is C[C@H](CO)NC(=O)c1c(O)c2ncc(Cc3ccc(F)cc3)cc2n(CCCN2CCCCC2=O)c1=O. The molecule has 3 heterocycles. The number of fused-ring (bicyclic) bond motifs is 1. The molecule has 0 unspecified atom stereocenters. The minimum absolute atomic E-state index is 0.0930. The van der Waals surface area contributed by atoms with Crippen LogP contribution in [0.2, 0.25) is 0 Å². The number of likely N-dealkylation sites (tertiary alicyclic amines) is 1. The molecule has 1 fully saturated rings. The van der Waals surface area contributed by atoms with Crippen molar-refractivity contribution < 1.29 is 24.2 Å². The number of hydrogen-bond acceptors (Lipinski definition) is 6. The molecule has 3 N–H and O–H groups in total. The first-order valence-corrected chi connectivity index (χ1v) is 12.5. The highest BCUT2D eigenvalue weighted by Gasteiger charge is 2.25. The van der Waals surface area contributed by atoms with E-state index in [2.05, 4.69) is 10.3 Å². The Kier molecular flexibility index (Phi) is 8.17. The zero-order valence-electron chi connectivity index (χ0n) is 20.7. The molecule has 0 bridgehead atoms. The van der Waals surface area contributed by atoms with Crippen LogP contribution in [0.4, 0.5) is 4.39 Å². The third-order valence-electron chi connectivity index (χ3n) is 6.57. The number of nitrogens with zero attached hydrogens (tertiary/aromatic N) is 3. The van der Waals surface area contributed by atoms with E-state index >= 15 is 0 Å². The van der Waals surface area contributed by atoms with Gasteiger partial charge < -0.3 is 25.0 Å². The van der Waals surface area contributed by atoms with Crippen molar-refractivity contribution in [2.24, 2.45) is 0 Å². The second kappa shape index (κ2) is 11.5. The minimum Gasteiger partial charge on any atom is -0.505 e. The van der Waals surface area contributed by atoms with E-state index in [9.17, 15) is 29.0 Å². The average Bonchev–Trinajstić information content (AvgIpc) is 2.88. The lowest BCUT2D eigenvalue weighted by atomic mass is 10.0. The van der Waals surface area contributed by atoms with E-state index in [-0.39, 0.29) is 30.4 Å². The number of aliphatic hydroxyl groups excluding tert-OH is 1. The molecule has 2 amide bonds. The molecule has 3 aromatic rings. The number of benzene rings is 1. The molecule has 0 radical (unpaired) electrons. The van der Waals surface area contributed by atoms with Gasteiger partial charge in [-0.05, 0) is 61.9 Å². The molecule has 9 nitrogen and oxygen atoms in total. The molecule has 1 aromatic carbocycles. The Morgan fingerprint density at radius 2 is 1.92 bits per heavy atom. The van der Waals surface area contributed by atoms with E-state index in [1.54, 1.807) is 36.2 Å². The number of aryl methyl sites for hydroxylation is 1. The van der Waals surface area contributed by atoms with Gasteiger partial charge in [0, 0.05) is 38.3 Å². The maximum absolute atomic E-state index is 13.5. The van der Waals surface area contributed by atoms with E-state index in [0.717, 1.165) is 24.0 Å². The maximum Gasteiger partial charge on any atom is 0.267 e. The molecule has 37 heavy (non-hydrogen) atoms. The lowest BCUT2D eigenvalue weighted by molar-refractivity contribution is -0.133. The summed E-state index contributed by atoms with van der Waals surface area (Å²) in [5.41, 5.74) is 0.915.